The first-order valence-corrected chi connectivity index (χ1v) is 8.10. The molecule has 0 bridgehead atoms. The monoisotopic (exact) mass is 310 g/mol. The van der Waals surface area contributed by atoms with Gasteiger partial charge in [0, 0.05) is 0 Å². The lowest BCUT2D eigenvalue weighted by Crippen LogP contribution is -2.04. The molecular formula is C19H18O4. The molecule has 2 unspecified atom stereocenters. The highest BCUT2D eigenvalue weighted by molar-refractivity contribution is 5.78. The number of ether oxygens (including phenoxy) is 4. The van der Waals surface area contributed by atoms with E-state index in [0.29, 0.717) is 13.2 Å². The van der Waals surface area contributed by atoms with E-state index in [4.69, 9.17) is 18.9 Å². The topological polar surface area (TPSA) is 43.5 Å². The SMILES string of the molecule is c1cc2c(cc1OCC1CO1)Cc1cc(OCC3CO3)ccc1-2. The van der Waals surface area contributed by atoms with Crippen molar-refractivity contribution in [2.75, 3.05) is 26.4 Å². The molecule has 3 aliphatic rings. The summed E-state index contributed by atoms with van der Waals surface area (Å²) in [4.78, 5) is 0. The molecule has 0 N–H and O–H groups in total. The second kappa shape index (κ2) is 5.25. The van der Waals surface area contributed by atoms with Gasteiger partial charge >= 0.3 is 0 Å². The van der Waals surface area contributed by atoms with Crippen LogP contribution >= 0.6 is 0 Å². The average molecular weight is 310 g/mol. The molecule has 0 amide bonds. The summed E-state index contributed by atoms with van der Waals surface area (Å²) in [5.74, 6) is 1.85. The van der Waals surface area contributed by atoms with Crippen molar-refractivity contribution in [3.63, 3.8) is 0 Å². The molecule has 5 rings (SSSR count). The minimum absolute atomic E-state index is 0.288. The van der Waals surface area contributed by atoms with Crippen LogP contribution in [-0.4, -0.2) is 38.6 Å². The van der Waals surface area contributed by atoms with Crippen molar-refractivity contribution in [1.82, 2.24) is 0 Å². The Labute approximate surface area is 134 Å². The van der Waals surface area contributed by atoms with Crippen molar-refractivity contribution in [3.05, 3.63) is 47.5 Å². The maximum absolute atomic E-state index is 5.79. The minimum atomic E-state index is 0.288. The Morgan fingerprint density at radius 1 is 0.783 bits per heavy atom. The smallest absolute Gasteiger partial charge is 0.119 e. The molecule has 23 heavy (non-hydrogen) atoms. The van der Waals surface area contributed by atoms with Crippen molar-refractivity contribution < 1.29 is 18.9 Å². The van der Waals surface area contributed by atoms with E-state index in [1.807, 2.05) is 12.1 Å². The van der Waals surface area contributed by atoms with Gasteiger partial charge in [-0.1, -0.05) is 12.1 Å². The molecular weight excluding hydrogens is 292 g/mol. The van der Waals surface area contributed by atoms with Crippen LogP contribution in [0.3, 0.4) is 0 Å². The molecule has 0 radical (unpaired) electrons. The summed E-state index contributed by atoms with van der Waals surface area (Å²) in [6.45, 7) is 2.94. The van der Waals surface area contributed by atoms with Crippen molar-refractivity contribution in [1.29, 1.82) is 0 Å². The zero-order valence-corrected chi connectivity index (χ0v) is 12.8. The summed E-state index contributed by atoms with van der Waals surface area (Å²) in [5.41, 5.74) is 5.23. The number of hydrogen-bond donors (Lipinski definition) is 0. The van der Waals surface area contributed by atoms with Crippen LogP contribution in [0.5, 0.6) is 11.5 Å². The van der Waals surface area contributed by atoms with Gasteiger partial charge in [0.25, 0.3) is 0 Å². The molecule has 4 heteroatoms. The summed E-state index contributed by atoms with van der Waals surface area (Å²) in [5, 5.41) is 0. The highest BCUT2D eigenvalue weighted by Crippen LogP contribution is 2.40. The van der Waals surface area contributed by atoms with Gasteiger partial charge in [0.1, 0.15) is 36.9 Å². The Bertz CT molecular complexity index is 684. The van der Waals surface area contributed by atoms with Crippen molar-refractivity contribution in [2.45, 2.75) is 18.6 Å². The van der Waals surface area contributed by atoms with Gasteiger partial charge in [-0.2, -0.15) is 0 Å². The van der Waals surface area contributed by atoms with Crippen LogP contribution < -0.4 is 9.47 Å². The van der Waals surface area contributed by atoms with Gasteiger partial charge in [-0.05, 0) is 52.9 Å². The quantitative estimate of drug-likeness (QED) is 0.657. The van der Waals surface area contributed by atoms with E-state index in [1.54, 1.807) is 0 Å². The van der Waals surface area contributed by atoms with Gasteiger partial charge in [-0.3, -0.25) is 0 Å². The largest absolute Gasteiger partial charge is 0.491 e. The number of rotatable bonds is 6. The van der Waals surface area contributed by atoms with Crippen LogP contribution in [0.4, 0.5) is 0 Å². The molecule has 1 aliphatic carbocycles. The Morgan fingerprint density at radius 3 is 1.70 bits per heavy atom. The van der Waals surface area contributed by atoms with Crippen molar-refractivity contribution in [3.8, 4) is 22.6 Å². The van der Waals surface area contributed by atoms with Crippen LogP contribution in [0.1, 0.15) is 11.1 Å². The lowest BCUT2D eigenvalue weighted by Gasteiger charge is -2.07. The van der Waals surface area contributed by atoms with Gasteiger partial charge < -0.3 is 18.9 Å². The first-order chi connectivity index (χ1) is 11.3. The van der Waals surface area contributed by atoms with Gasteiger partial charge in [0.05, 0.1) is 13.2 Å². The number of hydrogen-bond acceptors (Lipinski definition) is 4. The van der Waals surface area contributed by atoms with Gasteiger partial charge in [0.15, 0.2) is 0 Å². The summed E-state index contributed by atoms with van der Waals surface area (Å²) in [7, 11) is 0. The second-order valence-corrected chi connectivity index (χ2v) is 6.35. The molecule has 2 fully saturated rings. The molecule has 2 aromatic carbocycles. The zero-order chi connectivity index (χ0) is 15.2. The van der Waals surface area contributed by atoms with Crippen LogP contribution in [0.2, 0.25) is 0 Å². The minimum Gasteiger partial charge on any atom is -0.491 e. The fourth-order valence-corrected chi connectivity index (χ4v) is 3.05. The van der Waals surface area contributed by atoms with E-state index >= 15 is 0 Å². The molecule has 0 saturated carbocycles. The fraction of sp³-hybridized carbons (Fsp3) is 0.368. The highest BCUT2D eigenvalue weighted by atomic mass is 16.6. The Hall–Kier alpha value is -2.04. The molecule has 0 aromatic heterocycles. The standard InChI is InChI=1S/C19H18O4/c1-3-18-12(6-14(1)20-8-16-10-22-16)5-13-7-15(2-4-19(13)18)21-9-17-11-23-17/h1-4,6-7,16-17H,5,8-11H2. The third kappa shape index (κ3) is 2.80. The normalized spacial score (nSPS) is 23.1. The Kier molecular flexibility index (Phi) is 3.06. The van der Waals surface area contributed by atoms with Gasteiger partial charge in [-0.25, -0.2) is 0 Å². The van der Waals surface area contributed by atoms with Gasteiger partial charge in [-0.15, -0.1) is 0 Å². The molecule has 0 spiro atoms. The number of fused-ring (bicyclic) bond motifs is 3. The Balaban J connectivity index is 1.34. The molecule has 2 heterocycles. The first kappa shape index (κ1) is 13.4. The maximum atomic E-state index is 5.79. The summed E-state index contributed by atoms with van der Waals surface area (Å²) in [6, 6.07) is 12.7. The predicted octanol–water partition coefficient (Wildman–Crippen LogP) is 2.81. The van der Waals surface area contributed by atoms with Crippen molar-refractivity contribution >= 4 is 0 Å². The molecule has 2 aromatic rings. The summed E-state index contributed by atoms with van der Waals surface area (Å²) >= 11 is 0. The first-order valence-electron chi connectivity index (χ1n) is 8.10. The fourth-order valence-electron chi connectivity index (χ4n) is 3.05. The lowest BCUT2D eigenvalue weighted by atomic mass is 10.1. The number of benzene rings is 2. The molecule has 118 valence electrons. The summed E-state index contributed by atoms with van der Waals surface area (Å²) in [6.07, 6.45) is 1.50. The van der Waals surface area contributed by atoms with E-state index in [9.17, 15) is 0 Å². The predicted molar refractivity (Wildman–Crippen MR) is 85.2 cm³/mol. The van der Waals surface area contributed by atoms with E-state index in [0.717, 1.165) is 31.1 Å². The van der Waals surface area contributed by atoms with Crippen LogP contribution in [0.25, 0.3) is 11.1 Å². The highest BCUT2D eigenvalue weighted by Gasteiger charge is 2.25. The molecule has 2 atom stereocenters. The van der Waals surface area contributed by atoms with E-state index in [1.165, 1.54) is 22.3 Å². The molecule has 4 nitrogen and oxygen atoms in total. The second-order valence-electron chi connectivity index (χ2n) is 6.35. The van der Waals surface area contributed by atoms with E-state index in [-0.39, 0.29) is 12.2 Å². The third-order valence-electron chi connectivity index (χ3n) is 4.50. The maximum Gasteiger partial charge on any atom is 0.119 e. The van der Waals surface area contributed by atoms with Crippen molar-refractivity contribution in [2.24, 2.45) is 0 Å². The summed E-state index contributed by atoms with van der Waals surface area (Å²) < 4.78 is 21.9. The molecule has 2 saturated heterocycles. The number of epoxide rings is 2. The van der Waals surface area contributed by atoms with Gasteiger partial charge in [0.2, 0.25) is 0 Å². The van der Waals surface area contributed by atoms with Crippen LogP contribution in [0.15, 0.2) is 36.4 Å². The van der Waals surface area contributed by atoms with Crippen LogP contribution in [0, 0.1) is 0 Å². The van der Waals surface area contributed by atoms with E-state index in [2.05, 4.69) is 24.3 Å². The van der Waals surface area contributed by atoms with E-state index < -0.39 is 0 Å². The molecule has 2 aliphatic heterocycles. The Morgan fingerprint density at radius 2 is 1.26 bits per heavy atom. The van der Waals surface area contributed by atoms with Crippen LogP contribution in [-0.2, 0) is 15.9 Å². The lowest BCUT2D eigenvalue weighted by molar-refractivity contribution is 0.263. The third-order valence-corrected chi connectivity index (χ3v) is 4.50. The zero-order valence-electron chi connectivity index (χ0n) is 12.8. The average Bonchev–Trinajstić information content (AvgIpc) is 3.48.